The second kappa shape index (κ2) is 5.37. The van der Waals surface area contributed by atoms with Gasteiger partial charge in [-0.3, -0.25) is 0 Å². The van der Waals surface area contributed by atoms with Crippen molar-refractivity contribution in [1.82, 2.24) is 4.98 Å². The normalized spacial score (nSPS) is 10.4. The number of alkyl halides is 2. The van der Waals surface area contributed by atoms with Crippen LogP contribution in [-0.4, -0.2) is 25.2 Å². The lowest BCUT2D eigenvalue weighted by Crippen LogP contribution is -2.08. The monoisotopic (exact) mass is 343 g/mol. The van der Waals surface area contributed by atoms with Crippen LogP contribution in [0.1, 0.15) is 22.3 Å². The van der Waals surface area contributed by atoms with E-state index in [0.29, 0.717) is 0 Å². The quantitative estimate of drug-likeness (QED) is 0.481. The van der Waals surface area contributed by atoms with E-state index in [0.717, 1.165) is 6.07 Å². The highest BCUT2D eigenvalue weighted by Gasteiger charge is 2.21. The van der Waals surface area contributed by atoms with E-state index in [1.54, 1.807) is 22.6 Å². The smallest absolute Gasteiger partial charge is 0.340 e. The van der Waals surface area contributed by atoms with Gasteiger partial charge in [0.15, 0.2) is 0 Å². The van der Waals surface area contributed by atoms with Gasteiger partial charge in [-0.2, -0.15) is 0 Å². The van der Waals surface area contributed by atoms with Crippen molar-refractivity contribution < 1.29 is 23.0 Å². The molecule has 16 heavy (non-hydrogen) atoms. The minimum Gasteiger partial charge on any atom is -0.481 e. The van der Waals surface area contributed by atoms with Crippen molar-refractivity contribution in [3.63, 3.8) is 0 Å². The van der Waals surface area contributed by atoms with E-state index in [-0.39, 0.29) is 15.1 Å². The molecule has 0 radical (unpaired) electrons. The first-order valence-corrected chi connectivity index (χ1v) is 5.20. The van der Waals surface area contributed by atoms with E-state index < -0.39 is 18.0 Å². The van der Waals surface area contributed by atoms with E-state index in [4.69, 9.17) is 4.74 Å². The molecule has 0 bridgehead atoms. The Balaban J connectivity index is 3.33. The molecule has 0 aliphatic rings. The van der Waals surface area contributed by atoms with Crippen molar-refractivity contribution in [2.75, 3.05) is 14.2 Å². The van der Waals surface area contributed by atoms with Gasteiger partial charge >= 0.3 is 5.97 Å². The summed E-state index contributed by atoms with van der Waals surface area (Å²) in [4.78, 5) is 15.0. The summed E-state index contributed by atoms with van der Waals surface area (Å²) in [6.45, 7) is 0. The number of aromatic nitrogens is 1. The third kappa shape index (κ3) is 2.57. The minimum absolute atomic E-state index is 0.000741. The first-order valence-electron chi connectivity index (χ1n) is 4.12. The maximum absolute atomic E-state index is 12.6. The number of pyridine rings is 1. The lowest BCUT2D eigenvalue weighted by Gasteiger charge is -2.09. The van der Waals surface area contributed by atoms with Crippen LogP contribution in [0.4, 0.5) is 8.78 Å². The van der Waals surface area contributed by atoms with Crippen LogP contribution >= 0.6 is 22.6 Å². The molecule has 0 fully saturated rings. The molecule has 0 aliphatic carbocycles. The standard InChI is InChI=1S/C9H8F2INO3/c1-15-8-4(6(10)11)3-5(7(12)13-8)9(14)16-2/h3,6H,1-2H3. The van der Waals surface area contributed by atoms with E-state index in [2.05, 4.69) is 9.72 Å². The third-order valence-corrected chi connectivity index (χ3v) is 2.62. The van der Waals surface area contributed by atoms with Crippen LogP contribution in [0.5, 0.6) is 5.88 Å². The van der Waals surface area contributed by atoms with Gasteiger partial charge in [-0.05, 0) is 28.7 Å². The van der Waals surface area contributed by atoms with Gasteiger partial charge < -0.3 is 9.47 Å². The highest BCUT2D eigenvalue weighted by molar-refractivity contribution is 14.1. The average molecular weight is 343 g/mol. The third-order valence-electron chi connectivity index (χ3n) is 1.80. The van der Waals surface area contributed by atoms with Crippen molar-refractivity contribution in [1.29, 1.82) is 0 Å². The number of hydrogen-bond acceptors (Lipinski definition) is 4. The molecule has 1 aromatic rings. The molecule has 1 rings (SSSR count). The van der Waals surface area contributed by atoms with Gasteiger partial charge in [0.2, 0.25) is 5.88 Å². The zero-order valence-electron chi connectivity index (χ0n) is 8.46. The fourth-order valence-electron chi connectivity index (χ4n) is 1.06. The summed E-state index contributed by atoms with van der Waals surface area (Å²) in [5.41, 5.74) is -0.428. The van der Waals surface area contributed by atoms with Crippen molar-refractivity contribution in [2.24, 2.45) is 0 Å². The summed E-state index contributed by atoms with van der Waals surface area (Å²) in [5, 5.41) is 0. The summed E-state index contributed by atoms with van der Waals surface area (Å²) < 4.78 is 34.7. The Labute approximate surface area is 104 Å². The fraction of sp³-hybridized carbons (Fsp3) is 0.333. The first-order chi connectivity index (χ1) is 7.51. The number of nitrogens with zero attached hydrogens (tertiary/aromatic N) is 1. The molecule has 0 aliphatic heterocycles. The molecule has 0 unspecified atom stereocenters. The Hall–Kier alpha value is -0.990. The second-order valence-electron chi connectivity index (χ2n) is 2.72. The van der Waals surface area contributed by atoms with Gasteiger partial charge in [-0.25, -0.2) is 18.6 Å². The molecule has 1 heterocycles. The van der Waals surface area contributed by atoms with E-state index in [1.807, 2.05) is 0 Å². The molecule has 0 atom stereocenters. The van der Waals surface area contributed by atoms with Crippen LogP contribution in [0, 0.1) is 3.70 Å². The Morgan fingerprint density at radius 1 is 1.50 bits per heavy atom. The summed E-state index contributed by atoms with van der Waals surface area (Å²) in [6.07, 6.45) is -2.76. The van der Waals surface area contributed by atoms with Crippen LogP contribution in [0.2, 0.25) is 0 Å². The molecule has 0 amide bonds. The van der Waals surface area contributed by atoms with E-state index >= 15 is 0 Å². The largest absolute Gasteiger partial charge is 0.481 e. The van der Waals surface area contributed by atoms with Gasteiger partial charge in [0.1, 0.15) is 3.70 Å². The Bertz CT molecular complexity index is 412. The summed E-state index contributed by atoms with van der Waals surface area (Å²) in [5.74, 6) is -0.895. The van der Waals surface area contributed by atoms with Gasteiger partial charge in [0.25, 0.3) is 6.43 Å². The zero-order valence-corrected chi connectivity index (χ0v) is 10.6. The average Bonchev–Trinajstić information content (AvgIpc) is 2.27. The van der Waals surface area contributed by atoms with Crippen LogP contribution in [0.15, 0.2) is 6.07 Å². The summed E-state index contributed by atoms with van der Waals surface area (Å²) in [6, 6.07) is 1.03. The minimum atomic E-state index is -2.76. The van der Waals surface area contributed by atoms with Crippen LogP contribution < -0.4 is 4.74 Å². The van der Waals surface area contributed by atoms with E-state index in [1.165, 1.54) is 14.2 Å². The number of halogens is 3. The predicted octanol–water partition coefficient (Wildman–Crippen LogP) is 2.42. The van der Waals surface area contributed by atoms with Crippen molar-refractivity contribution in [3.05, 3.63) is 20.9 Å². The van der Waals surface area contributed by atoms with Crippen LogP contribution in [0.25, 0.3) is 0 Å². The first kappa shape index (κ1) is 13.1. The lowest BCUT2D eigenvalue weighted by atomic mass is 10.2. The van der Waals surface area contributed by atoms with Crippen LogP contribution in [0.3, 0.4) is 0 Å². The molecule has 0 spiro atoms. The van der Waals surface area contributed by atoms with Gasteiger partial charge in [0, 0.05) is 0 Å². The van der Waals surface area contributed by atoms with Gasteiger partial charge in [0.05, 0.1) is 25.3 Å². The van der Waals surface area contributed by atoms with Crippen molar-refractivity contribution in [3.8, 4) is 5.88 Å². The molecule has 88 valence electrons. The molecule has 0 saturated carbocycles. The van der Waals surface area contributed by atoms with Gasteiger partial charge in [-0.1, -0.05) is 0 Å². The van der Waals surface area contributed by atoms with Crippen molar-refractivity contribution in [2.45, 2.75) is 6.43 Å². The highest BCUT2D eigenvalue weighted by atomic mass is 127. The zero-order chi connectivity index (χ0) is 12.3. The highest BCUT2D eigenvalue weighted by Crippen LogP contribution is 2.29. The number of hydrogen-bond donors (Lipinski definition) is 0. The molecule has 4 nitrogen and oxygen atoms in total. The molecular formula is C9H8F2INO3. The topological polar surface area (TPSA) is 48.4 Å². The molecular weight excluding hydrogens is 335 g/mol. The van der Waals surface area contributed by atoms with E-state index in [9.17, 15) is 13.6 Å². The maximum Gasteiger partial charge on any atom is 0.340 e. The Morgan fingerprint density at radius 2 is 2.12 bits per heavy atom. The Kier molecular flexibility index (Phi) is 4.39. The second-order valence-corrected chi connectivity index (χ2v) is 3.74. The Morgan fingerprint density at radius 3 is 2.56 bits per heavy atom. The fourth-order valence-corrected chi connectivity index (χ4v) is 1.66. The maximum atomic E-state index is 12.6. The van der Waals surface area contributed by atoms with Crippen molar-refractivity contribution >= 4 is 28.6 Å². The number of methoxy groups -OCH3 is 2. The predicted molar refractivity (Wildman–Crippen MR) is 59.8 cm³/mol. The molecule has 7 heteroatoms. The number of carbonyl (C=O) groups excluding carboxylic acids is 1. The summed E-state index contributed by atoms with van der Waals surface area (Å²) >= 11 is 1.75. The number of rotatable bonds is 3. The molecule has 1 aromatic heterocycles. The number of carbonyl (C=O) groups is 1. The SMILES string of the molecule is COC(=O)c1cc(C(F)F)c(OC)nc1I. The molecule has 0 aromatic carbocycles. The lowest BCUT2D eigenvalue weighted by molar-refractivity contribution is 0.0598. The van der Waals surface area contributed by atoms with Crippen LogP contribution in [-0.2, 0) is 4.74 Å². The summed E-state index contributed by atoms with van der Waals surface area (Å²) in [7, 11) is 2.41. The van der Waals surface area contributed by atoms with Gasteiger partial charge in [-0.15, -0.1) is 0 Å². The number of esters is 1. The number of ether oxygens (including phenoxy) is 2. The molecule has 0 N–H and O–H groups in total. The molecule has 0 saturated heterocycles.